The van der Waals surface area contributed by atoms with Crippen molar-refractivity contribution in [3.63, 3.8) is 0 Å². The minimum absolute atomic E-state index is 0.0188. The van der Waals surface area contributed by atoms with Gasteiger partial charge in [0, 0.05) is 0 Å². The number of hydrogen-bond donors (Lipinski definition) is 0. The maximum absolute atomic E-state index is 12.7. The van der Waals surface area contributed by atoms with Crippen LogP contribution in [0.3, 0.4) is 0 Å². The molecule has 1 unspecified atom stereocenters. The Morgan fingerprint density at radius 3 is 2.00 bits per heavy atom. The maximum atomic E-state index is 12.7. The van der Waals surface area contributed by atoms with Crippen LogP contribution in [0.2, 0.25) is 0 Å². The van der Waals surface area contributed by atoms with E-state index in [1.807, 2.05) is 0 Å². The molecule has 7 heteroatoms. The van der Waals surface area contributed by atoms with Gasteiger partial charge in [-0.1, -0.05) is 34.1 Å². The third kappa shape index (κ3) is 3.13. The zero-order valence-electron chi connectivity index (χ0n) is 10.2. The SMILES string of the molecule is FC(F)(F)C(C(Br)c1ccc2c(c1)CCC2)C(F)(F)F. The quantitative estimate of drug-likeness (QED) is 0.492. The van der Waals surface area contributed by atoms with E-state index in [-0.39, 0.29) is 5.56 Å². The van der Waals surface area contributed by atoms with Gasteiger partial charge in [-0.2, -0.15) is 26.3 Å². The van der Waals surface area contributed by atoms with Gasteiger partial charge >= 0.3 is 12.4 Å². The third-order valence-electron chi connectivity index (χ3n) is 3.44. The minimum Gasteiger partial charge on any atom is -0.170 e. The van der Waals surface area contributed by atoms with E-state index in [0.717, 1.165) is 24.0 Å². The smallest absolute Gasteiger partial charge is 0.170 e. The fraction of sp³-hybridized carbons (Fsp3) is 0.538. The first-order chi connectivity index (χ1) is 9.10. The van der Waals surface area contributed by atoms with E-state index >= 15 is 0 Å². The lowest BCUT2D eigenvalue weighted by molar-refractivity contribution is -0.283. The van der Waals surface area contributed by atoms with Gasteiger partial charge in [0.1, 0.15) is 0 Å². The van der Waals surface area contributed by atoms with Crippen LogP contribution in [0.5, 0.6) is 0 Å². The number of fused-ring (bicyclic) bond motifs is 1. The molecule has 0 saturated carbocycles. The molecular formula is C13H11BrF6. The Labute approximate surface area is 120 Å². The molecule has 2 rings (SSSR count). The van der Waals surface area contributed by atoms with Crippen LogP contribution in [-0.4, -0.2) is 12.4 Å². The monoisotopic (exact) mass is 360 g/mol. The number of aryl methyl sites for hydroxylation is 2. The van der Waals surface area contributed by atoms with Gasteiger partial charge in [0.2, 0.25) is 0 Å². The molecule has 0 amide bonds. The van der Waals surface area contributed by atoms with Gasteiger partial charge in [0.05, 0.1) is 4.83 Å². The molecule has 0 heterocycles. The van der Waals surface area contributed by atoms with Gasteiger partial charge in [-0.15, -0.1) is 0 Å². The first-order valence-corrected chi connectivity index (χ1v) is 6.91. The second-order valence-electron chi connectivity index (χ2n) is 4.84. The summed E-state index contributed by atoms with van der Waals surface area (Å²) < 4.78 is 76.1. The summed E-state index contributed by atoms with van der Waals surface area (Å²) in [4.78, 5) is -1.83. The minimum atomic E-state index is -5.34. The second kappa shape index (κ2) is 5.24. The molecule has 112 valence electrons. The normalized spacial score (nSPS) is 17.4. The molecule has 1 aliphatic carbocycles. The molecule has 0 radical (unpaired) electrons. The predicted octanol–water partition coefficient (Wildman–Crippen LogP) is 5.35. The lowest BCUT2D eigenvalue weighted by Gasteiger charge is -2.27. The van der Waals surface area contributed by atoms with Crippen molar-refractivity contribution in [1.82, 2.24) is 0 Å². The first-order valence-electron chi connectivity index (χ1n) is 6.00. The highest BCUT2D eigenvalue weighted by Gasteiger charge is 2.60. The van der Waals surface area contributed by atoms with Crippen LogP contribution in [0.1, 0.15) is 27.9 Å². The van der Waals surface area contributed by atoms with Crippen LogP contribution in [0.25, 0.3) is 0 Å². The van der Waals surface area contributed by atoms with Crippen molar-refractivity contribution in [2.45, 2.75) is 36.4 Å². The molecule has 0 aromatic heterocycles. The van der Waals surface area contributed by atoms with Crippen LogP contribution < -0.4 is 0 Å². The number of halogens is 7. The van der Waals surface area contributed by atoms with Crippen molar-refractivity contribution in [2.24, 2.45) is 5.92 Å². The van der Waals surface area contributed by atoms with Crippen LogP contribution in [-0.2, 0) is 12.8 Å². The van der Waals surface area contributed by atoms with E-state index in [0.29, 0.717) is 6.42 Å². The average molecular weight is 361 g/mol. The van der Waals surface area contributed by atoms with Gasteiger partial charge < -0.3 is 0 Å². The highest BCUT2D eigenvalue weighted by molar-refractivity contribution is 9.09. The molecule has 1 aromatic rings. The van der Waals surface area contributed by atoms with E-state index in [4.69, 9.17) is 0 Å². The van der Waals surface area contributed by atoms with Crippen LogP contribution >= 0.6 is 15.9 Å². The Hall–Kier alpha value is -0.720. The summed E-state index contributed by atoms with van der Waals surface area (Å²) in [6.45, 7) is 0. The third-order valence-corrected chi connectivity index (χ3v) is 4.50. The van der Waals surface area contributed by atoms with Gasteiger partial charge in [-0.05, 0) is 36.0 Å². The summed E-state index contributed by atoms with van der Waals surface area (Å²) in [5, 5.41) is 0. The Morgan fingerprint density at radius 2 is 1.45 bits per heavy atom. The molecule has 1 aromatic carbocycles. The maximum Gasteiger partial charge on any atom is 0.401 e. The summed E-state index contributed by atoms with van der Waals surface area (Å²) in [6, 6.07) is 4.41. The number of alkyl halides is 7. The molecule has 1 atom stereocenters. The molecule has 0 bridgehead atoms. The molecule has 0 fully saturated rings. The molecule has 20 heavy (non-hydrogen) atoms. The number of rotatable bonds is 2. The van der Waals surface area contributed by atoms with Crippen molar-refractivity contribution in [1.29, 1.82) is 0 Å². The topological polar surface area (TPSA) is 0 Å². The predicted molar refractivity (Wildman–Crippen MR) is 65.7 cm³/mol. The fourth-order valence-electron chi connectivity index (χ4n) is 2.47. The van der Waals surface area contributed by atoms with E-state index in [2.05, 4.69) is 15.9 Å². The summed E-state index contributed by atoms with van der Waals surface area (Å²) >= 11 is 2.59. The van der Waals surface area contributed by atoms with E-state index in [9.17, 15) is 26.3 Å². The summed E-state index contributed by atoms with van der Waals surface area (Å²) in [5.41, 5.74) is 1.87. The van der Waals surface area contributed by atoms with Gasteiger partial charge in [0.15, 0.2) is 5.92 Å². The van der Waals surface area contributed by atoms with Crippen LogP contribution in [0.4, 0.5) is 26.3 Å². The second-order valence-corrected chi connectivity index (χ2v) is 5.83. The molecule has 0 spiro atoms. The molecular weight excluding hydrogens is 350 g/mol. The largest absolute Gasteiger partial charge is 0.401 e. The van der Waals surface area contributed by atoms with Crippen LogP contribution in [0.15, 0.2) is 18.2 Å². The lowest BCUT2D eigenvalue weighted by atomic mass is 9.95. The summed E-state index contributed by atoms with van der Waals surface area (Å²) in [6.07, 6.45) is -8.28. The Kier molecular flexibility index (Phi) is 4.10. The van der Waals surface area contributed by atoms with Crippen molar-refractivity contribution < 1.29 is 26.3 Å². The number of benzene rings is 1. The van der Waals surface area contributed by atoms with Crippen LogP contribution in [0, 0.1) is 5.92 Å². The average Bonchev–Trinajstić information content (AvgIpc) is 2.71. The van der Waals surface area contributed by atoms with E-state index < -0.39 is 23.1 Å². The Balaban J connectivity index is 2.35. The fourth-order valence-corrected chi connectivity index (χ4v) is 3.36. The standard InChI is InChI=1S/C13H11BrF6/c14-10(11(12(15,16)17)13(18,19)20)9-5-4-7-2-1-3-8(7)6-9/h4-6,10-11H,1-3H2. The Bertz CT molecular complexity index is 477. The number of hydrogen-bond acceptors (Lipinski definition) is 0. The Morgan fingerprint density at radius 1 is 0.900 bits per heavy atom. The summed E-state index contributed by atoms with van der Waals surface area (Å²) in [7, 11) is 0. The van der Waals surface area contributed by atoms with Crippen molar-refractivity contribution >= 4 is 15.9 Å². The van der Waals surface area contributed by atoms with Gasteiger partial charge in [0.25, 0.3) is 0 Å². The van der Waals surface area contributed by atoms with Crippen molar-refractivity contribution in [3.05, 3.63) is 34.9 Å². The molecule has 0 saturated heterocycles. The van der Waals surface area contributed by atoms with Crippen molar-refractivity contribution in [3.8, 4) is 0 Å². The van der Waals surface area contributed by atoms with Crippen molar-refractivity contribution in [2.75, 3.05) is 0 Å². The zero-order valence-corrected chi connectivity index (χ0v) is 11.7. The molecule has 0 aliphatic heterocycles. The van der Waals surface area contributed by atoms with Gasteiger partial charge in [-0.3, -0.25) is 0 Å². The molecule has 1 aliphatic rings. The highest BCUT2D eigenvalue weighted by Crippen LogP contribution is 2.50. The zero-order chi connectivity index (χ0) is 15.1. The van der Waals surface area contributed by atoms with E-state index in [1.54, 1.807) is 6.07 Å². The van der Waals surface area contributed by atoms with Gasteiger partial charge in [-0.25, -0.2) is 0 Å². The first kappa shape index (κ1) is 15.7. The molecule has 0 N–H and O–H groups in total. The lowest BCUT2D eigenvalue weighted by Crippen LogP contribution is -2.39. The highest BCUT2D eigenvalue weighted by atomic mass is 79.9. The molecule has 0 nitrogen and oxygen atoms in total. The van der Waals surface area contributed by atoms with E-state index in [1.165, 1.54) is 12.1 Å². The summed E-state index contributed by atoms with van der Waals surface area (Å²) in [5.74, 6) is -3.41.